The highest BCUT2D eigenvalue weighted by molar-refractivity contribution is 6.30. The summed E-state index contributed by atoms with van der Waals surface area (Å²) in [5.41, 5.74) is 3.66. The minimum absolute atomic E-state index is 0.0422. The zero-order valence-corrected chi connectivity index (χ0v) is 23.8. The molecule has 0 bridgehead atoms. The van der Waals surface area contributed by atoms with E-state index in [9.17, 15) is 13.6 Å². The second-order valence-electron chi connectivity index (χ2n) is 10.1. The summed E-state index contributed by atoms with van der Waals surface area (Å²) in [6, 6.07) is 28.7. The molecule has 5 rings (SSSR count). The van der Waals surface area contributed by atoms with Crippen molar-refractivity contribution in [2.24, 2.45) is 0 Å². The van der Waals surface area contributed by atoms with Crippen molar-refractivity contribution < 1.29 is 13.6 Å². The van der Waals surface area contributed by atoms with Crippen molar-refractivity contribution in [1.29, 1.82) is 0 Å². The number of halogens is 4. The van der Waals surface area contributed by atoms with E-state index in [1.807, 2.05) is 83.8 Å². The number of carbonyl (C=O) groups excluding carboxylic acids is 1. The van der Waals surface area contributed by atoms with E-state index in [4.69, 9.17) is 23.2 Å². The smallest absolute Gasteiger partial charge is 0.222 e. The van der Waals surface area contributed by atoms with Crippen molar-refractivity contribution in [3.63, 3.8) is 0 Å². The van der Waals surface area contributed by atoms with Crippen molar-refractivity contribution >= 4 is 34.8 Å². The molecule has 1 radical (unpaired) electrons. The highest BCUT2D eigenvalue weighted by atomic mass is 35.5. The Balaban J connectivity index is 1.29. The molecule has 1 aliphatic rings. The maximum absolute atomic E-state index is 14.2. The molecule has 0 aromatic heterocycles. The number of benzene rings is 4. The number of hydrogen-bond donors (Lipinski definition) is 1. The van der Waals surface area contributed by atoms with Crippen LogP contribution in [0, 0.1) is 18.2 Å². The number of carbonyl (C=O) groups is 1. The largest absolute Gasteiger partial charge is 0.365 e. The Labute approximate surface area is 249 Å². The van der Waals surface area contributed by atoms with Gasteiger partial charge in [-0.05, 0) is 59.5 Å². The lowest BCUT2D eigenvalue weighted by atomic mass is 9.92. The van der Waals surface area contributed by atoms with Gasteiger partial charge in [0.25, 0.3) is 0 Å². The average Bonchev–Trinajstić information content (AvgIpc) is 2.93. The normalized spacial score (nSPS) is 13.7. The van der Waals surface area contributed by atoms with Gasteiger partial charge in [-0.1, -0.05) is 77.8 Å². The first-order valence-corrected chi connectivity index (χ1v) is 14.2. The lowest BCUT2D eigenvalue weighted by Gasteiger charge is -2.50. The number of likely N-dealkylation sites (tertiary alicyclic amines) is 1. The van der Waals surface area contributed by atoms with Crippen LogP contribution in [0.15, 0.2) is 97.1 Å². The molecule has 1 amide bonds. The van der Waals surface area contributed by atoms with Gasteiger partial charge in [-0.25, -0.2) is 8.78 Å². The molecule has 0 saturated carbocycles. The van der Waals surface area contributed by atoms with E-state index in [0.29, 0.717) is 41.8 Å². The van der Waals surface area contributed by atoms with Gasteiger partial charge in [0.1, 0.15) is 11.6 Å². The molecule has 0 atom stereocenters. The average molecular weight is 594 g/mol. The third-order valence-corrected chi connectivity index (χ3v) is 7.77. The molecular formula is C33H30Cl2F2N3O. The number of anilines is 1. The molecule has 211 valence electrons. The van der Waals surface area contributed by atoms with E-state index in [1.165, 1.54) is 12.1 Å². The summed E-state index contributed by atoms with van der Waals surface area (Å²) in [6.07, 6.45) is 0.789. The summed E-state index contributed by atoms with van der Waals surface area (Å²) in [5.74, 6) is -1.46. The summed E-state index contributed by atoms with van der Waals surface area (Å²) in [7, 11) is 0. The fourth-order valence-electron chi connectivity index (χ4n) is 5.22. The summed E-state index contributed by atoms with van der Waals surface area (Å²) < 4.78 is 28.5. The zero-order chi connectivity index (χ0) is 28.8. The SMILES string of the molecule is O=C(CCN(c1cc(F)cc(F)c1)C1CN(C(c2ccc(Cl)cc2)c2ccc(Cl)cc2)C1)N[CH]Cc1ccccc1. The molecule has 4 aromatic rings. The highest BCUT2D eigenvalue weighted by Crippen LogP contribution is 2.36. The topological polar surface area (TPSA) is 35.6 Å². The summed E-state index contributed by atoms with van der Waals surface area (Å²) in [5, 5.41) is 4.16. The quantitative estimate of drug-likeness (QED) is 0.196. The van der Waals surface area contributed by atoms with Crippen molar-refractivity contribution in [2.45, 2.75) is 24.9 Å². The minimum atomic E-state index is -0.651. The van der Waals surface area contributed by atoms with Crippen LogP contribution in [-0.4, -0.2) is 36.5 Å². The molecule has 1 aliphatic heterocycles. The van der Waals surface area contributed by atoms with Gasteiger partial charge in [0.15, 0.2) is 0 Å². The predicted molar refractivity (Wildman–Crippen MR) is 161 cm³/mol. The lowest BCUT2D eigenvalue weighted by Crippen LogP contribution is -2.61. The molecule has 1 heterocycles. The second-order valence-corrected chi connectivity index (χ2v) is 11.0. The van der Waals surface area contributed by atoms with Crippen LogP contribution in [0.25, 0.3) is 0 Å². The van der Waals surface area contributed by atoms with E-state index in [2.05, 4.69) is 10.2 Å². The van der Waals surface area contributed by atoms with Crippen LogP contribution in [0.1, 0.15) is 29.2 Å². The molecule has 0 spiro atoms. The van der Waals surface area contributed by atoms with E-state index in [0.717, 1.165) is 22.8 Å². The first-order valence-electron chi connectivity index (χ1n) is 13.5. The zero-order valence-electron chi connectivity index (χ0n) is 22.3. The second kappa shape index (κ2) is 13.5. The van der Waals surface area contributed by atoms with Gasteiger partial charge in [0, 0.05) is 47.9 Å². The molecule has 4 aromatic carbocycles. The van der Waals surface area contributed by atoms with Crippen LogP contribution in [0.2, 0.25) is 10.0 Å². The van der Waals surface area contributed by atoms with Gasteiger partial charge < -0.3 is 10.2 Å². The minimum Gasteiger partial charge on any atom is -0.365 e. The molecular weight excluding hydrogens is 563 g/mol. The molecule has 0 aliphatic carbocycles. The molecule has 1 N–H and O–H groups in total. The Morgan fingerprint density at radius 1 is 0.878 bits per heavy atom. The van der Waals surface area contributed by atoms with Crippen LogP contribution in [0.4, 0.5) is 14.5 Å². The number of amides is 1. The highest BCUT2D eigenvalue weighted by Gasteiger charge is 2.37. The Morgan fingerprint density at radius 3 is 2.00 bits per heavy atom. The number of nitrogens with one attached hydrogen (secondary N) is 1. The summed E-state index contributed by atoms with van der Waals surface area (Å²) >= 11 is 12.3. The predicted octanol–water partition coefficient (Wildman–Crippen LogP) is 7.46. The number of rotatable bonds is 11. The Hall–Kier alpha value is -3.45. The Morgan fingerprint density at radius 2 is 1.44 bits per heavy atom. The summed E-state index contributed by atoms with van der Waals surface area (Å²) in [6.45, 7) is 3.32. The maximum atomic E-state index is 14.2. The monoisotopic (exact) mass is 592 g/mol. The molecule has 41 heavy (non-hydrogen) atoms. The third kappa shape index (κ3) is 7.64. The molecule has 0 unspecified atom stereocenters. The van der Waals surface area contributed by atoms with Crippen LogP contribution in [-0.2, 0) is 11.2 Å². The van der Waals surface area contributed by atoms with Gasteiger partial charge in [0.05, 0.1) is 18.6 Å². The Bertz CT molecular complexity index is 1380. The van der Waals surface area contributed by atoms with Gasteiger partial charge in [-0.3, -0.25) is 9.69 Å². The lowest BCUT2D eigenvalue weighted by molar-refractivity contribution is -0.120. The van der Waals surface area contributed by atoms with Crippen molar-refractivity contribution in [1.82, 2.24) is 10.2 Å². The van der Waals surface area contributed by atoms with Crippen molar-refractivity contribution in [3.05, 3.63) is 142 Å². The standard InChI is InChI=1S/C33H30Cl2F2N3O/c34-26-10-6-24(7-11-26)33(25-8-12-27(35)13-9-25)39-21-31(22-39)40(30-19-28(36)18-29(37)20-30)17-15-32(41)38-16-14-23-4-2-1-3-5-23/h1-13,16,18-20,31,33H,14-15,17,21-22H2,(H,38,41). The van der Waals surface area contributed by atoms with E-state index in [1.54, 1.807) is 6.54 Å². The van der Waals surface area contributed by atoms with Crippen LogP contribution in [0.5, 0.6) is 0 Å². The summed E-state index contributed by atoms with van der Waals surface area (Å²) in [4.78, 5) is 16.9. The van der Waals surface area contributed by atoms with Gasteiger partial charge in [-0.2, -0.15) is 0 Å². The Kier molecular flexibility index (Phi) is 9.55. The van der Waals surface area contributed by atoms with Gasteiger partial charge in [-0.15, -0.1) is 0 Å². The van der Waals surface area contributed by atoms with Crippen molar-refractivity contribution in [2.75, 3.05) is 24.5 Å². The maximum Gasteiger partial charge on any atom is 0.222 e. The van der Waals surface area contributed by atoms with Crippen LogP contribution >= 0.6 is 23.2 Å². The first-order chi connectivity index (χ1) is 19.9. The molecule has 1 fully saturated rings. The van der Waals surface area contributed by atoms with E-state index < -0.39 is 11.6 Å². The van der Waals surface area contributed by atoms with E-state index >= 15 is 0 Å². The van der Waals surface area contributed by atoms with Gasteiger partial charge >= 0.3 is 0 Å². The fourth-order valence-corrected chi connectivity index (χ4v) is 5.47. The number of hydrogen-bond acceptors (Lipinski definition) is 3. The van der Waals surface area contributed by atoms with Crippen LogP contribution in [0.3, 0.4) is 0 Å². The first kappa shape index (κ1) is 29.1. The molecule has 4 nitrogen and oxygen atoms in total. The molecule has 1 saturated heterocycles. The third-order valence-electron chi connectivity index (χ3n) is 7.27. The van der Waals surface area contributed by atoms with Crippen LogP contribution < -0.4 is 10.2 Å². The fraction of sp³-hybridized carbons (Fsp3) is 0.212. The van der Waals surface area contributed by atoms with Crippen molar-refractivity contribution in [3.8, 4) is 0 Å². The van der Waals surface area contributed by atoms with E-state index in [-0.39, 0.29) is 24.4 Å². The van der Waals surface area contributed by atoms with Gasteiger partial charge in [0.2, 0.25) is 5.91 Å². The molecule has 8 heteroatoms. The number of nitrogens with zero attached hydrogens (tertiary/aromatic N) is 2.